The highest BCUT2D eigenvalue weighted by Gasteiger charge is 2.42. The average molecular weight is 315 g/mol. The zero-order chi connectivity index (χ0) is 13.5. The van der Waals surface area contributed by atoms with Crippen LogP contribution >= 0.6 is 15.9 Å². The van der Waals surface area contributed by atoms with Gasteiger partial charge in [-0.3, -0.25) is 4.79 Å². The Morgan fingerprint density at radius 3 is 2.72 bits per heavy atom. The van der Waals surface area contributed by atoms with Crippen molar-refractivity contribution in [1.82, 2.24) is 0 Å². The van der Waals surface area contributed by atoms with Crippen molar-refractivity contribution in [3.05, 3.63) is 23.3 Å². The zero-order valence-electron chi connectivity index (χ0n) is 10.4. The molecule has 1 aromatic rings. The lowest BCUT2D eigenvalue weighted by Crippen LogP contribution is -2.45. The Labute approximate surface area is 114 Å². The van der Waals surface area contributed by atoms with Crippen molar-refractivity contribution in [3.8, 4) is 11.5 Å². The summed E-state index contributed by atoms with van der Waals surface area (Å²) in [4.78, 5) is 10.7. The van der Waals surface area contributed by atoms with Crippen LogP contribution in [0.25, 0.3) is 0 Å². The second-order valence-corrected chi connectivity index (χ2v) is 5.79. The summed E-state index contributed by atoms with van der Waals surface area (Å²) < 4.78 is 11.0. The van der Waals surface area contributed by atoms with E-state index in [9.17, 15) is 9.90 Å². The molecule has 2 rings (SSSR count). The Balaban J connectivity index is 2.57. The molecule has 2 atom stereocenters. The number of fused-ring (bicyclic) bond motifs is 1. The van der Waals surface area contributed by atoms with Crippen molar-refractivity contribution in [2.24, 2.45) is 0 Å². The topological polar surface area (TPSA) is 55.8 Å². The summed E-state index contributed by atoms with van der Waals surface area (Å²) in [7, 11) is 1.49. The van der Waals surface area contributed by atoms with E-state index in [-0.39, 0.29) is 4.83 Å². The number of aldehydes is 1. The van der Waals surface area contributed by atoms with Gasteiger partial charge in [0.1, 0.15) is 17.1 Å². The third kappa shape index (κ3) is 2.01. The fourth-order valence-electron chi connectivity index (χ4n) is 2.06. The minimum absolute atomic E-state index is 0.245. The quantitative estimate of drug-likeness (QED) is 0.673. The molecule has 5 heteroatoms. The first-order valence-corrected chi connectivity index (χ1v) is 6.50. The van der Waals surface area contributed by atoms with E-state index in [0.29, 0.717) is 28.9 Å². The van der Waals surface area contributed by atoms with Crippen LogP contribution in [0.4, 0.5) is 0 Å². The smallest absolute Gasteiger partial charge is 0.153 e. The number of aliphatic hydroxyl groups is 1. The van der Waals surface area contributed by atoms with E-state index in [2.05, 4.69) is 15.9 Å². The molecule has 0 fully saturated rings. The number of alkyl halides is 1. The molecule has 1 N–H and O–H groups in total. The lowest BCUT2D eigenvalue weighted by molar-refractivity contribution is 0.0223. The summed E-state index contributed by atoms with van der Waals surface area (Å²) in [5.41, 5.74) is 0.456. The van der Waals surface area contributed by atoms with Gasteiger partial charge < -0.3 is 14.6 Å². The standard InChI is InChI=1S/C13H15BrO4/c1-13(2)12(14)11(16)8-4-7(6-15)9(17-3)5-10(8)18-13/h4-6,11-12,16H,1-3H3/t11-,12+/m0/s1. The largest absolute Gasteiger partial charge is 0.496 e. The van der Waals surface area contributed by atoms with E-state index in [1.165, 1.54) is 7.11 Å². The third-order valence-electron chi connectivity index (χ3n) is 3.12. The highest BCUT2D eigenvalue weighted by atomic mass is 79.9. The molecule has 0 amide bonds. The van der Waals surface area contributed by atoms with Crippen molar-refractivity contribution in [2.75, 3.05) is 7.11 Å². The molecule has 98 valence electrons. The summed E-state index contributed by atoms with van der Waals surface area (Å²) >= 11 is 3.43. The third-order valence-corrected chi connectivity index (χ3v) is 4.73. The van der Waals surface area contributed by atoms with Gasteiger partial charge in [0.25, 0.3) is 0 Å². The molecule has 0 bridgehead atoms. The van der Waals surface area contributed by atoms with E-state index >= 15 is 0 Å². The minimum Gasteiger partial charge on any atom is -0.496 e. The number of methoxy groups -OCH3 is 1. The van der Waals surface area contributed by atoms with E-state index in [4.69, 9.17) is 9.47 Å². The highest BCUT2D eigenvalue weighted by molar-refractivity contribution is 9.09. The fourth-order valence-corrected chi connectivity index (χ4v) is 2.44. The minimum atomic E-state index is -0.728. The second kappa shape index (κ2) is 4.55. The van der Waals surface area contributed by atoms with Crippen LogP contribution in [-0.4, -0.2) is 28.9 Å². The number of aliphatic hydroxyl groups excluding tert-OH is 1. The lowest BCUT2D eigenvalue weighted by Gasteiger charge is -2.40. The number of hydrogen-bond acceptors (Lipinski definition) is 4. The average Bonchev–Trinajstić information content (AvgIpc) is 2.34. The number of carbonyl (C=O) groups excluding carboxylic acids is 1. The summed E-state index contributed by atoms with van der Waals surface area (Å²) in [6.07, 6.45) is -0.0252. The van der Waals surface area contributed by atoms with Gasteiger partial charge in [-0.2, -0.15) is 0 Å². The normalized spacial score (nSPS) is 24.9. The Kier molecular flexibility index (Phi) is 3.38. The van der Waals surface area contributed by atoms with Gasteiger partial charge in [0.2, 0.25) is 0 Å². The predicted molar refractivity (Wildman–Crippen MR) is 70.8 cm³/mol. The lowest BCUT2D eigenvalue weighted by atomic mass is 9.90. The Bertz CT molecular complexity index is 484. The number of hydrogen-bond donors (Lipinski definition) is 1. The molecule has 0 saturated carbocycles. The Hall–Kier alpha value is -1.07. The van der Waals surface area contributed by atoms with Crippen LogP contribution in [0.1, 0.15) is 35.9 Å². The maximum absolute atomic E-state index is 11.0. The van der Waals surface area contributed by atoms with E-state index in [0.717, 1.165) is 0 Å². The van der Waals surface area contributed by atoms with Gasteiger partial charge in [-0.1, -0.05) is 15.9 Å². The van der Waals surface area contributed by atoms with Crippen molar-refractivity contribution in [1.29, 1.82) is 0 Å². The zero-order valence-corrected chi connectivity index (χ0v) is 12.0. The first kappa shape index (κ1) is 13.4. The molecule has 0 aromatic heterocycles. The molecule has 0 aliphatic carbocycles. The van der Waals surface area contributed by atoms with Crippen LogP contribution in [-0.2, 0) is 0 Å². The van der Waals surface area contributed by atoms with Crippen LogP contribution in [0.5, 0.6) is 11.5 Å². The monoisotopic (exact) mass is 314 g/mol. The Morgan fingerprint density at radius 2 is 2.17 bits per heavy atom. The molecule has 0 saturated heterocycles. The van der Waals surface area contributed by atoms with Crippen LogP contribution in [0.3, 0.4) is 0 Å². The molecule has 0 radical (unpaired) electrons. The van der Waals surface area contributed by atoms with Gasteiger partial charge >= 0.3 is 0 Å². The Morgan fingerprint density at radius 1 is 1.50 bits per heavy atom. The van der Waals surface area contributed by atoms with E-state index in [1.807, 2.05) is 13.8 Å². The van der Waals surface area contributed by atoms with Gasteiger partial charge in [0, 0.05) is 11.6 Å². The summed E-state index contributed by atoms with van der Waals surface area (Å²) in [5, 5.41) is 10.3. The van der Waals surface area contributed by atoms with Crippen molar-refractivity contribution in [2.45, 2.75) is 30.4 Å². The van der Waals surface area contributed by atoms with Crippen LogP contribution in [0, 0.1) is 0 Å². The molecule has 1 aromatic carbocycles. The molecule has 0 spiro atoms. The second-order valence-electron chi connectivity index (χ2n) is 4.80. The van der Waals surface area contributed by atoms with Crippen LogP contribution in [0.2, 0.25) is 0 Å². The van der Waals surface area contributed by atoms with Gasteiger partial charge in [-0.25, -0.2) is 0 Å². The fraction of sp³-hybridized carbons (Fsp3) is 0.462. The first-order valence-electron chi connectivity index (χ1n) is 5.59. The van der Waals surface area contributed by atoms with Crippen molar-refractivity contribution >= 4 is 22.2 Å². The van der Waals surface area contributed by atoms with Gasteiger partial charge in [0.15, 0.2) is 6.29 Å². The van der Waals surface area contributed by atoms with Gasteiger partial charge in [0.05, 0.1) is 23.6 Å². The molecule has 1 aliphatic rings. The molecule has 1 heterocycles. The van der Waals surface area contributed by atoms with Crippen molar-refractivity contribution in [3.63, 3.8) is 0 Å². The first-order chi connectivity index (χ1) is 8.40. The summed E-state index contributed by atoms with van der Waals surface area (Å²) in [5.74, 6) is 0.991. The van der Waals surface area contributed by atoms with E-state index in [1.54, 1.807) is 12.1 Å². The van der Waals surface area contributed by atoms with Crippen LogP contribution < -0.4 is 9.47 Å². The summed E-state index contributed by atoms with van der Waals surface area (Å²) in [6, 6.07) is 3.25. The highest BCUT2D eigenvalue weighted by Crippen LogP contribution is 2.45. The predicted octanol–water partition coefficient (Wildman–Crippen LogP) is 2.48. The molecule has 4 nitrogen and oxygen atoms in total. The number of rotatable bonds is 2. The van der Waals surface area contributed by atoms with Crippen molar-refractivity contribution < 1.29 is 19.4 Å². The molecular weight excluding hydrogens is 300 g/mol. The SMILES string of the molecule is COc1cc2c(cc1C=O)[C@H](O)[C@@H](Br)C(C)(C)O2. The molecule has 1 aliphatic heterocycles. The maximum Gasteiger partial charge on any atom is 0.153 e. The van der Waals surface area contributed by atoms with Gasteiger partial charge in [-0.05, 0) is 19.9 Å². The van der Waals surface area contributed by atoms with Crippen LogP contribution in [0.15, 0.2) is 12.1 Å². The van der Waals surface area contributed by atoms with E-state index < -0.39 is 11.7 Å². The number of halogens is 1. The molecule has 0 unspecified atom stereocenters. The summed E-state index contributed by atoms with van der Waals surface area (Å²) in [6.45, 7) is 3.78. The van der Waals surface area contributed by atoms with Gasteiger partial charge in [-0.15, -0.1) is 0 Å². The molecule has 18 heavy (non-hydrogen) atoms. The number of ether oxygens (including phenoxy) is 2. The number of carbonyl (C=O) groups is 1. The maximum atomic E-state index is 11.0. The number of benzene rings is 1. The molecular formula is C13H15BrO4.